The number of nitrogens with one attached hydrogen (secondary N) is 1. The first kappa shape index (κ1) is 17.5. The van der Waals surface area contributed by atoms with Gasteiger partial charge in [-0.05, 0) is 55.8 Å². The lowest BCUT2D eigenvalue weighted by Gasteiger charge is -2.10. The van der Waals surface area contributed by atoms with Crippen molar-refractivity contribution < 1.29 is 19.1 Å². The van der Waals surface area contributed by atoms with Crippen LogP contribution in [-0.2, 0) is 9.53 Å². The maximum absolute atomic E-state index is 12.0. The van der Waals surface area contributed by atoms with Gasteiger partial charge in [0, 0.05) is 24.1 Å². The third kappa shape index (κ3) is 2.88. The van der Waals surface area contributed by atoms with Crippen LogP contribution >= 0.6 is 0 Å². The van der Waals surface area contributed by atoms with Crippen LogP contribution in [0, 0.1) is 13.8 Å². The summed E-state index contributed by atoms with van der Waals surface area (Å²) in [5, 5.41) is 2.56. The molecule has 0 bridgehead atoms. The van der Waals surface area contributed by atoms with Gasteiger partial charge in [-0.1, -0.05) is 0 Å². The molecule has 1 aliphatic rings. The van der Waals surface area contributed by atoms with Crippen LogP contribution in [0.5, 0.6) is 0 Å². The van der Waals surface area contributed by atoms with Gasteiger partial charge in [0.2, 0.25) is 0 Å². The first-order valence-electron chi connectivity index (χ1n) is 8.02. The van der Waals surface area contributed by atoms with Crippen molar-refractivity contribution in [3.05, 3.63) is 58.5 Å². The Kier molecular flexibility index (Phi) is 4.38. The number of carbonyl (C=O) groups is 3. The maximum Gasteiger partial charge on any atom is 0.337 e. The second-order valence-corrected chi connectivity index (χ2v) is 6.05. The molecule has 1 aromatic heterocycles. The molecule has 0 atom stereocenters. The van der Waals surface area contributed by atoms with Crippen molar-refractivity contribution in [3.63, 3.8) is 0 Å². The van der Waals surface area contributed by atoms with E-state index in [0.29, 0.717) is 5.56 Å². The lowest BCUT2D eigenvalue weighted by Crippen LogP contribution is -2.25. The number of aryl methyl sites for hydroxylation is 1. The number of imide groups is 1. The predicted molar refractivity (Wildman–Crippen MR) is 95.9 cm³/mol. The minimum absolute atomic E-state index is 0.249. The van der Waals surface area contributed by atoms with Crippen LogP contribution in [0.15, 0.2) is 36.0 Å². The molecule has 1 fully saturated rings. The number of methoxy groups -OCH3 is 1. The van der Waals surface area contributed by atoms with Crippen molar-refractivity contribution in [1.29, 1.82) is 0 Å². The summed E-state index contributed by atoms with van der Waals surface area (Å²) in [6.07, 6.45) is 1.67. The summed E-state index contributed by atoms with van der Waals surface area (Å²) < 4.78 is 6.72. The second-order valence-electron chi connectivity index (χ2n) is 6.05. The van der Waals surface area contributed by atoms with E-state index in [1.807, 2.05) is 36.6 Å². The SMILES string of the molecule is COC(=O)c1ccc(-n2c(C)cc(/C=C3/NC(=O)N(C)C3=O)c2C)cc1. The molecule has 3 rings (SSSR count). The van der Waals surface area contributed by atoms with E-state index in [-0.39, 0.29) is 17.6 Å². The number of ether oxygens (including phenoxy) is 1. The van der Waals surface area contributed by atoms with Gasteiger partial charge in [0.15, 0.2) is 0 Å². The van der Waals surface area contributed by atoms with E-state index < -0.39 is 6.03 Å². The summed E-state index contributed by atoms with van der Waals surface area (Å²) in [7, 11) is 2.78. The summed E-state index contributed by atoms with van der Waals surface area (Å²) in [6, 6.07) is 8.57. The van der Waals surface area contributed by atoms with E-state index in [4.69, 9.17) is 4.74 Å². The summed E-state index contributed by atoms with van der Waals surface area (Å²) in [4.78, 5) is 36.2. The van der Waals surface area contributed by atoms with Crippen molar-refractivity contribution in [1.82, 2.24) is 14.8 Å². The van der Waals surface area contributed by atoms with E-state index >= 15 is 0 Å². The smallest absolute Gasteiger partial charge is 0.337 e. The van der Waals surface area contributed by atoms with E-state index in [9.17, 15) is 14.4 Å². The first-order chi connectivity index (χ1) is 12.3. The molecule has 26 heavy (non-hydrogen) atoms. The van der Waals surface area contributed by atoms with Crippen LogP contribution in [0.25, 0.3) is 11.8 Å². The van der Waals surface area contributed by atoms with Crippen molar-refractivity contribution >= 4 is 24.0 Å². The standard InChI is InChI=1S/C19H19N3O4/c1-11-9-14(10-16-17(23)21(3)19(25)20-16)12(2)22(11)15-7-5-13(6-8-15)18(24)26-4/h5-10H,1-4H3,(H,20,25)/b16-10+. The lowest BCUT2D eigenvalue weighted by molar-refractivity contribution is -0.121. The number of hydrogen-bond acceptors (Lipinski definition) is 4. The molecule has 1 N–H and O–H groups in total. The number of carbonyl (C=O) groups excluding carboxylic acids is 3. The molecule has 1 saturated heterocycles. The van der Waals surface area contributed by atoms with E-state index in [1.54, 1.807) is 18.2 Å². The zero-order valence-electron chi connectivity index (χ0n) is 15.0. The number of rotatable bonds is 3. The minimum Gasteiger partial charge on any atom is -0.465 e. The van der Waals surface area contributed by atoms with Crippen LogP contribution < -0.4 is 5.32 Å². The largest absolute Gasteiger partial charge is 0.465 e. The number of benzene rings is 1. The molecule has 0 radical (unpaired) electrons. The maximum atomic E-state index is 12.0. The molecule has 1 aliphatic heterocycles. The van der Waals surface area contributed by atoms with Crippen molar-refractivity contribution in [2.45, 2.75) is 13.8 Å². The number of likely N-dealkylation sites (N-methyl/N-ethyl adjacent to an activating group) is 1. The molecule has 1 aromatic carbocycles. The molecule has 134 valence electrons. The van der Waals surface area contributed by atoms with Gasteiger partial charge in [-0.2, -0.15) is 0 Å². The summed E-state index contributed by atoms with van der Waals surface area (Å²) in [6.45, 7) is 3.88. The number of esters is 1. The molecule has 3 amide bonds. The van der Waals surface area contributed by atoms with Crippen molar-refractivity contribution in [2.75, 3.05) is 14.2 Å². The summed E-state index contributed by atoms with van der Waals surface area (Å²) in [5.41, 5.74) is 4.32. The predicted octanol–water partition coefficient (Wildman–Crippen LogP) is 2.40. The highest BCUT2D eigenvalue weighted by atomic mass is 16.5. The number of hydrogen-bond donors (Lipinski definition) is 1. The molecular formula is C19H19N3O4. The van der Waals surface area contributed by atoms with Crippen LogP contribution in [0.4, 0.5) is 4.79 Å². The fourth-order valence-corrected chi connectivity index (χ4v) is 2.97. The van der Waals surface area contributed by atoms with Crippen LogP contribution in [0.3, 0.4) is 0 Å². The highest BCUT2D eigenvalue weighted by Gasteiger charge is 2.30. The lowest BCUT2D eigenvalue weighted by atomic mass is 10.2. The third-order valence-corrected chi connectivity index (χ3v) is 4.40. The van der Waals surface area contributed by atoms with E-state index in [1.165, 1.54) is 14.2 Å². The molecular weight excluding hydrogens is 334 g/mol. The Bertz CT molecular complexity index is 938. The topological polar surface area (TPSA) is 80.6 Å². The number of nitrogens with zero attached hydrogens (tertiary/aromatic N) is 2. The highest BCUT2D eigenvalue weighted by Crippen LogP contribution is 2.24. The average Bonchev–Trinajstić information content (AvgIpc) is 3.04. The van der Waals surface area contributed by atoms with Gasteiger partial charge in [-0.25, -0.2) is 9.59 Å². The zero-order chi connectivity index (χ0) is 19.0. The Hall–Kier alpha value is -3.35. The van der Waals surface area contributed by atoms with Gasteiger partial charge in [-0.15, -0.1) is 0 Å². The average molecular weight is 353 g/mol. The quantitative estimate of drug-likeness (QED) is 0.522. The Morgan fingerprint density at radius 2 is 1.81 bits per heavy atom. The molecule has 2 heterocycles. The monoisotopic (exact) mass is 353 g/mol. The molecule has 2 aromatic rings. The Morgan fingerprint density at radius 3 is 2.35 bits per heavy atom. The zero-order valence-corrected chi connectivity index (χ0v) is 15.0. The molecule has 0 aliphatic carbocycles. The Balaban J connectivity index is 1.98. The first-order valence-corrected chi connectivity index (χ1v) is 8.02. The van der Waals surface area contributed by atoms with Crippen molar-refractivity contribution in [2.24, 2.45) is 0 Å². The van der Waals surface area contributed by atoms with Gasteiger partial charge in [-0.3, -0.25) is 9.69 Å². The Morgan fingerprint density at radius 1 is 1.15 bits per heavy atom. The van der Waals surface area contributed by atoms with Crippen LogP contribution in [0.2, 0.25) is 0 Å². The molecule has 0 unspecified atom stereocenters. The minimum atomic E-state index is -0.437. The fraction of sp³-hybridized carbons (Fsp3) is 0.211. The van der Waals surface area contributed by atoms with Gasteiger partial charge in [0.1, 0.15) is 5.70 Å². The highest BCUT2D eigenvalue weighted by molar-refractivity contribution is 6.13. The molecule has 7 heteroatoms. The van der Waals surface area contributed by atoms with Crippen LogP contribution in [-0.4, -0.2) is 41.5 Å². The molecule has 0 saturated carbocycles. The second kappa shape index (κ2) is 6.51. The summed E-state index contributed by atoms with van der Waals surface area (Å²) in [5.74, 6) is -0.746. The molecule has 0 spiro atoms. The van der Waals surface area contributed by atoms with Gasteiger partial charge in [0.25, 0.3) is 5.91 Å². The number of urea groups is 1. The summed E-state index contributed by atoms with van der Waals surface area (Å²) >= 11 is 0. The van der Waals surface area contributed by atoms with E-state index in [2.05, 4.69) is 5.32 Å². The van der Waals surface area contributed by atoms with Crippen LogP contribution in [0.1, 0.15) is 27.3 Å². The number of aromatic nitrogens is 1. The van der Waals surface area contributed by atoms with Gasteiger partial charge >= 0.3 is 12.0 Å². The fourth-order valence-electron chi connectivity index (χ4n) is 2.97. The Labute approximate surface area is 150 Å². The van der Waals surface area contributed by atoms with Crippen molar-refractivity contribution in [3.8, 4) is 5.69 Å². The number of amides is 3. The van der Waals surface area contributed by atoms with Gasteiger partial charge in [0.05, 0.1) is 12.7 Å². The van der Waals surface area contributed by atoms with E-state index in [0.717, 1.165) is 27.5 Å². The van der Waals surface area contributed by atoms with Gasteiger partial charge < -0.3 is 14.6 Å². The third-order valence-electron chi connectivity index (χ3n) is 4.40. The normalized spacial score (nSPS) is 15.5. The molecule has 7 nitrogen and oxygen atoms in total.